The lowest BCUT2D eigenvalue weighted by molar-refractivity contribution is -0.128. The average molecular weight is 400 g/mol. The fourth-order valence-corrected chi connectivity index (χ4v) is 1.99. The molecule has 0 unspecified atom stereocenters. The van der Waals surface area contributed by atoms with E-state index in [0.29, 0.717) is 11.3 Å². The predicted octanol–water partition coefficient (Wildman–Crippen LogP) is 2.56. The Labute approximate surface area is 153 Å². The standard InChI is InChI=1S/C18H14BrN3O3/c19-15-6-1-13(2-7-15)5-10-17(23)21-22-18(24)12-25-16-8-3-14(11-20)4-9-16/h1-10H,12H2,(H,21,23)(H,22,24)/b10-5+. The van der Waals surface area contributed by atoms with Crippen LogP contribution in [0.15, 0.2) is 59.1 Å². The minimum Gasteiger partial charge on any atom is -0.484 e. The first-order valence-electron chi connectivity index (χ1n) is 7.22. The summed E-state index contributed by atoms with van der Waals surface area (Å²) in [4.78, 5) is 23.3. The van der Waals surface area contributed by atoms with Crippen LogP contribution in [0.1, 0.15) is 11.1 Å². The van der Waals surface area contributed by atoms with Crippen molar-refractivity contribution >= 4 is 33.8 Å². The fourth-order valence-electron chi connectivity index (χ4n) is 1.73. The first-order valence-corrected chi connectivity index (χ1v) is 8.01. The van der Waals surface area contributed by atoms with Crippen LogP contribution < -0.4 is 15.6 Å². The SMILES string of the molecule is N#Cc1ccc(OCC(=O)NNC(=O)/C=C/c2ccc(Br)cc2)cc1. The number of carbonyl (C=O) groups is 2. The summed E-state index contributed by atoms with van der Waals surface area (Å²) in [6.07, 6.45) is 2.94. The van der Waals surface area contributed by atoms with Crippen molar-refractivity contribution in [3.05, 3.63) is 70.2 Å². The van der Waals surface area contributed by atoms with Gasteiger partial charge >= 0.3 is 0 Å². The minimum absolute atomic E-state index is 0.261. The third-order valence-electron chi connectivity index (χ3n) is 2.98. The zero-order chi connectivity index (χ0) is 18.1. The van der Waals surface area contributed by atoms with Crippen molar-refractivity contribution < 1.29 is 14.3 Å². The summed E-state index contributed by atoms with van der Waals surface area (Å²) in [7, 11) is 0. The number of carbonyl (C=O) groups excluding carboxylic acids is 2. The van der Waals surface area contributed by atoms with Crippen molar-refractivity contribution in [1.82, 2.24) is 10.9 Å². The quantitative estimate of drug-likeness (QED) is 0.596. The van der Waals surface area contributed by atoms with Gasteiger partial charge in [-0.2, -0.15) is 5.26 Å². The van der Waals surface area contributed by atoms with Crippen LogP contribution in [-0.2, 0) is 9.59 Å². The van der Waals surface area contributed by atoms with Crippen LogP contribution in [0.25, 0.3) is 6.08 Å². The zero-order valence-electron chi connectivity index (χ0n) is 13.0. The molecule has 2 aromatic carbocycles. The van der Waals surface area contributed by atoms with Gasteiger partial charge in [-0.1, -0.05) is 28.1 Å². The Morgan fingerprint density at radius 2 is 1.76 bits per heavy atom. The van der Waals surface area contributed by atoms with Crippen molar-refractivity contribution in [2.24, 2.45) is 0 Å². The topological polar surface area (TPSA) is 91.2 Å². The van der Waals surface area contributed by atoms with Crippen LogP contribution in [0.4, 0.5) is 0 Å². The van der Waals surface area contributed by atoms with Gasteiger partial charge < -0.3 is 4.74 Å². The largest absolute Gasteiger partial charge is 0.484 e. The first-order chi connectivity index (χ1) is 12.1. The summed E-state index contributed by atoms with van der Waals surface area (Å²) in [6.45, 7) is -0.261. The van der Waals surface area contributed by atoms with E-state index in [4.69, 9.17) is 10.00 Å². The Bertz CT molecular complexity index is 809. The molecule has 2 N–H and O–H groups in total. The molecule has 0 aromatic heterocycles. The second kappa shape index (κ2) is 9.25. The maximum Gasteiger partial charge on any atom is 0.276 e. The lowest BCUT2D eigenvalue weighted by atomic mass is 10.2. The summed E-state index contributed by atoms with van der Waals surface area (Å²) in [5.41, 5.74) is 5.86. The maximum atomic E-state index is 11.6. The first kappa shape index (κ1) is 18.2. The molecule has 0 aliphatic heterocycles. The number of hydrazine groups is 1. The van der Waals surface area contributed by atoms with Gasteiger partial charge in [0.05, 0.1) is 11.6 Å². The molecule has 0 radical (unpaired) electrons. The smallest absolute Gasteiger partial charge is 0.276 e. The third kappa shape index (κ3) is 6.49. The summed E-state index contributed by atoms with van der Waals surface area (Å²) >= 11 is 3.33. The lowest BCUT2D eigenvalue weighted by Crippen LogP contribution is -2.43. The summed E-state index contributed by atoms with van der Waals surface area (Å²) in [5.74, 6) is -0.514. The highest BCUT2D eigenvalue weighted by molar-refractivity contribution is 9.10. The van der Waals surface area contributed by atoms with Gasteiger partial charge in [0.25, 0.3) is 11.8 Å². The van der Waals surface area contributed by atoms with Crippen LogP contribution in [0.2, 0.25) is 0 Å². The van der Waals surface area contributed by atoms with E-state index in [1.807, 2.05) is 30.3 Å². The number of rotatable bonds is 5. The average Bonchev–Trinajstić information content (AvgIpc) is 2.64. The number of halogens is 1. The van der Waals surface area contributed by atoms with Crippen molar-refractivity contribution in [3.63, 3.8) is 0 Å². The molecule has 2 aromatic rings. The summed E-state index contributed by atoms with van der Waals surface area (Å²) in [5, 5.41) is 8.69. The molecule has 0 aliphatic carbocycles. The Hall–Kier alpha value is -3.11. The highest BCUT2D eigenvalue weighted by Gasteiger charge is 2.04. The van der Waals surface area contributed by atoms with E-state index in [9.17, 15) is 9.59 Å². The second-order valence-electron chi connectivity index (χ2n) is 4.85. The molecule has 0 heterocycles. The molecule has 2 rings (SSSR count). The van der Waals surface area contributed by atoms with Gasteiger partial charge in [0.15, 0.2) is 6.61 Å². The molecule has 0 bridgehead atoms. The third-order valence-corrected chi connectivity index (χ3v) is 3.50. The number of benzene rings is 2. The van der Waals surface area contributed by atoms with E-state index >= 15 is 0 Å². The van der Waals surface area contributed by atoms with Crippen molar-refractivity contribution in [2.75, 3.05) is 6.61 Å². The molecule has 6 nitrogen and oxygen atoms in total. The second-order valence-corrected chi connectivity index (χ2v) is 5.76. The zero-order valence-corrected chi connectivity index (χ0v) is 14.6. The van der Waals surface area contributed by atoms with Crippen LogP contribution in [0.3, 0.4) is 0 Å². The van der Waals surface area contributed by atoms with E-state index in [1.54, 1.807) is 30.3 Å². The Kier molecular flexibility index (Phi) is 6.75. The number of hydrogen-bond donors (Lipinski definition) is 2. The number of nitriles is 1. The van der Waals surface area contributed by atoms with Gasteiger partial charge in [-0.05, 0) is 48.0 Å². The number of amides is 2. The van der Waals surface area contributed by atoms with Crippen LogP contribution in [0, 0.1) is 11.3 Å². The van der Waals surface area contributed by atoms with Crippen LogP contribution in [-0.4, -0.2) is 18.4 Å². The van der Waals surface area contributed by atoms with Gasteiger partial charge in [0.1, 0.15) is 5.75 Å². The summed E-state index contributed by atoms with van der Waals surface area (Å²) in [6, 6.07) is 15.7. The molecule has 2 amide bonds. The van der Waals surface area contributed by atoms with Crippen LogP contribution >= 0.6 is 15.9 Å². The molecule has 0 saturated heterocycles. The maximum absolute atomic E-state index is 11.6. The van der Waals surface area contributed by atoms with E-state index in [1.165, 1.54) is 6.08 Å². The highest BCUT2D eigenvalue weighted by atomic mass is 79.9. The number of ether oxygens (including phenoxy) is 1. The Morgan fingerprint density at radius 3 is 2.40 bits per heavy atom. The van der Waals surface area contributed by atoms with Gasteiger partial charge in [-0.25, -0.2) is 0 Å². The van der Waals surface area contributed by atoms with Crippen LogP contribution in [0.5, 0.6) is 5.75 Å². The molecule has 25 heavy (non-hydrogen) atoms. The van der Waals surface area contributed by atoms with E-state index in [0.717, 1.165) is 10.0 Å². The monoisotopic (exact) mass is 399 g/mol. The molecular formula is C18H14BrN3O3. The minimum atomic E-state index is -0.505. The number of hydrogen-bond acceptors (Lipinski definition) is 4. The molecule has 0 spiro atoms. The van der Waals surface area contributed by atoms with Gasteiger partial charge in [0.2, 0.25) is 0 Å². The Morgan fingerprint density at radius 1 is 1.08 bits per heavy atom. The van der Waals surface area contributed by atoms with Gasteiger partial charge in [-0.15, -0.1) is 0 Å². The highest BCUT2D eigenvalue weighted by Crippen LogP contribution is 2.12. The van der Waals surface area contributed by atoms with Crippen molar-refractivity contribution in [2.45, 2.75) is 0 Å². The number of nitrogens with one attached hydrogen (secondary N) is 2. The predicted molar refractivity (Wildman–Crippen MR) is 96.1 cm³/mol. The number of nitrogens with zero attached hydrogens (tertiary/aromatic N) is 1. The fraction of sp³-hybridized carbons (Fsp3) is 0.0556. The molecule has 0 saturated carbocycles. The van der Waals surface area contributed by atoms with Crippen molar-refractivity contribution in [1.29, 1.82) is 5.26 Å². The molecular weight excluding hydrogens is 386 g/mol. The Balaban J connectivity index is 1.72. The van der Waals surface area contributed by atoms with E-state index < -0.39 is 11.8 Å². The molecule has 7 heteroatoms. The molecule has 0 aliphatic rings. The molecule has 0 atom stereocenters. The van der Waals surface area contributed by atoms with E-state index in [-0.39, 0.29) is 6.61 Å². The molecule has 0 fully saturated rings. The van der Waals surface area contributed by atoms with Gasteiger partial charge in [-0.3, -0.25) is 20.4 Å². The normalized spacial score (nSPS) is 10.1. The lowest BCUT2D eigenvalue weighted by Gasteiger charge is -2.07. The summed E-state index contributed by atoms with van der Waals surface area (Å²) < 4.78 is 6.19. The molecule has 126 valence electrons. The van der Waals surface area contributed by atoms with Crippen molar-refractivity contribution in [3.8, 4) is 11.8 Å². The van der Waals surface area contributed by atoms with E-state index in [2.05, 4.69) is 26.8 Å². The van der Waals surface area contributed by atoms with Gasteiger partial charge in [0, 0.05) is 10.5 Å².